The van der Waals surface area contributed by atoms with Crippen LogP contribution in [0.1, 0.15) is 15.9 Å². The lowest BCUT2D eigenvalue weighted by Crippen LogP contribution is -2.42. The number of benzene rings is 2. The van der Waals surface area contributed by atoms with Crippen molar-refractivity contribution in [3.05, 3.63) is 59.7 Å². The standard InChI is InChI=1S/C18H19NO5/c1-23-15-9-8-12(11-16(15)24-2)10-14(18(21)22)19-17(20)13-6-4-3-5-7-13/h3-9,11,14H,10H2,1-2H3,(H,19,20)(H,21,22). The highest BCUT2D eigenvalue weighted by atomic mass is 16.5. The number of rotatable bonds is 7. The van der Waals surface area contributed by atoms with Crippen molar-refractivity contribution in [3.8, 4) is 11.5 Å². The molecule has 1 amide bonds. The third-order valence-electron chi connectivity index (χ3n) is 3.53. The minimum absolute atomic E-state index is 0.133. The van der Waals surface area contributed by atoms with Crippen molar-refractivity contribution in [2.45, 2.75) is 12.5 Å². The maximum absolute atomic E-state index is 12.2. The van der Waals surface area contributed by atoms with Crippen LogP contribution in [0.3, 0.4) is 0 Å². The molecule has 0 saturated carbocycles. The van der Waals surface area contributed by atoms with Gasteiger partial charge in [-0.15, -0.1) is 0 Å². The largest absolute Gasteiger partial charge is 0.493 e. The lowest BCUT2D eigenvalue weighted by Gasteiger charge is -2.16. The summed E-state index contributed by atoms with van der Waals surface area (Å²) in [7, 11) is 3.03. The molecular weight excluding hydrogens is 310 g/mol. The lowest BCUT2D eigenvalue weighted by molar-refractivity contribution is -0.139. The van der Waals surface area contributed by atoms with Gasteiger partial charge in [-0.25, -0.2) is 4.79 Å². The maximum Gasteiger partial charge on any atom is 0.326 e. The van der Waals surface area contributed by atoms with Gasteiger partial charge in [0, 0.05) is 12.0 Å². The Morgan fingerprint density at radius 2 is 1.71 bits per heavy atom. The number of carbonyl (C=O) groups is 2. The monoisotopic (exact) mass is 329 g/mol. The lowest BCUT2D eigenvalue weighted by atomic mass is 10.0. The van der Waals surface area contributed by atoms with Gasteiger partial charge in [0.2, 0.25) is 0 Å². The van der Waals surface area contributed by atoms with Gasteiger partial charge in [-0.3, -0.25) is 4.79 Å². The molecule has 24 heavy (non-hydrogen) atoms. The Kier molecular flexibility index (Phi) is 5.78. The second-order valence-electron chi connectivity index (χ2n) is 5.12. The first-order valence-electron chi connectivity index (χ1n) is 7.34. The molecule has 2 rings (SSSR count). The van der Waals surface area contributed by atoms with Crippen LogP contribution in [0.4, 0.5) is 0 Å². The zero-order chi connectivity index (χ0) is 17.5. The van der Waals surface area contributed by atoms with Crippen LogP contribution in [-0.4, -0.2) is 37.2 Å². The van der Waals surface area contributed by atoms with E-state index in [1.54, 1.807) is 48.5 Å². The summed E-state index contributed by atoms with van der Waals surface area (Å²) in [5, 5.41) is 11.9. The van der Waals surface area contributed by atoms with E-state index in [9.17, 15) is 14.7 Å². The van der Waals surface area contributed by atoms with Crippen molar-refractivity contribution in [2.75, 3.05) is 14.2 Å². The molecule has 0 aliphatic heterocycles. The van der Waals surface area contributed by atoms with Gasteiger partial charge >= 0.3 is 5.97 Å². The molecule has 0 radical (unpaired) electrons. The van der Waals surface area contributed by atoms with E-state index >= 15 is 0 Å². The third-order valence-corrected chi connectivity index (χ3v) is 3.53. The van der Waals surface area contributed by atoms with Gasteiger partial charge in [-0.2, -0.15) is 0 Å². The number of amides is 1. The van der Waals surface area contributed by atoms with Gasteiger partial charge in [0.25, 0.3) is 5.91 Å². The van der Waals surface area contributed by atoms with Gasteiger partial charge < -0.3 is 19.9 Å². The minimum Gasteiger partial charge on any atom is -0.493 e. The van der Waals surface area contributed by atoms with Gasteiger partial charge in [-0.1, -0.05) is 24.3 Å². The molecule has 0 spiro atoms. The zero-order valence-corrected chi connectivity index (χ0v) is 13.5. The van der Waals surface area contributed by atoms with Crippen LogP contribution >= 0.6 is 0 Å². The highest BCUT2D eigenvalue weighted by molar-refractivity contribution is 5.96. The summed E-state index contributed by atoms with van der Waals surface area (Å²) in [6, 6.07) is 12.6. The number of methoxy groups -OCH3 is 2. The summed E-state index contributed by atoms with van der Waals surface area (Å²) in [5.74, 6) is -0.465. The van der Waals surface area contributed by atoms with E-state index in [4.69, 9.17) is 9.47 Å². The third kappa shape index (κ3) is 4.25. The smallest absolute Gasteiger partial charge is 0.326 e. The van der Waals surface area contributed by atoms with Crippen molar-refractivity contribution in [1.82, 2.24) is 5.32 Å². The van der Waals surface area contributed by atoms with Gasteiger partial charge in [0.1, 0.15) is 6.04 Å². The maximum atomic E-state index is 12.2. The van der Waals surface area contributed by atoms with Crippen LogP contribution in [0.5, 0.6) is 11.5 Å². The van der Waals surface area contributed by atoms with Crippen LogP contribution in [0.25, 0.3) is 0 Å². The number of carboxylic acid groups (broad SMARTS) is 1. The zero-order valence-electron chi connectivity index (χ0n) is 13.5. The molecule has 1 unspecified atom stereocenters. The van der Waals surface area contributed by atoms with E-state index in [0.29, 0.717) is 22.6 Å². The highest BCUT2D eigenvalue weighted by Crippen LogP contribution is 2.28. The molecule has 0 saturated heterocycles. The van der Waals surface area contributed by atoms with E-state index in [1.165, 1.54) is 14.2 Å². The van der Waals surface area contributed by atoms with Gasteiger partial charge in [0.15, 0.2) is 11.5 Å². The molecule has 0 aliphatic rings. The van der Waals surface area contributed by atoms with E-state index in [1.807, 2.05) is 0 Å². The average molecular weight is 329 g/mol. The number of aliphatic carboxylic acids is 1. The first-order chi connectivity index (χ1) is 11.5. The molecule has 1 atom stereocenters. The molecule has 2 aromatic carbocycles. The van der Waals surface area contributed by atoms with Crippen molar-refractivity contribution in [3.63, 3.8) is 0 Å². The Morgan fingerprint density at radius 3 is 2.29 bits per heavy atom. The number of hydrogen-bond donors (Lipinski definition) is 2. The topological polar surface area (TPSA) is 84.9 Å². The first-order valence-corrected chi connectivity index (χ1v) is 7.34. The van der Waals surface area contributed by atoms with E-state index in [0.717, 1.165) is 0 Å². The van der Waals surface area contributed by atoms with Crippen molar-refractivity contribution >= 4 is 11.9 Å². The minimum atomic E-state index is -1.10. The van der Waals surface area contributed by atoms with Crippen LogP contribution in [-0.2, 0) is 11.2 Å². The molecular formula is C18H19NO5. The molecule has 2 aromatic rings. The number of nitrogens with one attached hydrogen (secondary N) is 1. The summed E-state index contributed by atoms with van der Waals surface area (Å²) >= 11 is 0. The molecule has 126 valence electrons. The normalized spacial score (nSPS) is 11.4. The summed E-state index contributed by atoms with van der Waals surface area (Å²) in [4.78, 5) is 23.6. The fourth-order valence-corrected chi connectivity index (χ4v) is 2.27. The highest BCUT2D eigenvalue weighted by Gasteiger charge is 2.21. The van der Waals surface area contributed by atoms with Crippen molar-refractivity contribution in [1.29, 1.82) is 0 Å². The average Bonchev–Trinajstić information content (AvgIpc) is 2.61. The molecule has 0 fully saturated rings. The quantitative estimate of drug-likeness (QED) is 0.813. The molecule has 6 heteroatoms. The number of hydrogen-bond acceptors (Lipinski definition) is 4. The predicted octanol–water partition coefficient (Wildman–Crippen LogP) is 2.13. The van der Waals surface area contributed by atoms with Gasteiger partial charge in [0.05, 0.1) is 14.2 Å². The molecule has 0 aromatic heterocycles. The van der Waals surface area contributed by atoms with E-state index in [2.05, 4.69) is 5.32 Å². The Labute approximate surface area is 140 Å². The number of ether oxygens (including phenoxy) is 2. The SMILES string of the molecule is COc1ccc(CC(NC(=O)c2ccccc2)C(=O)O)cc1OC. The van der Waals surface area contributed by atoms with Gasteiger partial charge in [-0.05, 0) is 29.8 Å². The predicted molar refractivity (Wildman–Crippen MR) is 88.6 cm³/mol. The van der Waals surface area contributed by atoms with E-state index < -0.39 is 17.9 Å². The molecule has 6 nitrogen and oxygen atoms in total. The molecule has 0 aliphatic carbocycles. The second kappa shape index (κ2) is 8.01. The number of carboxylic acids is 1. The fourth-order valence-electron chi connectivity index (χ4n) is 2.27. The molecule has 0 bridgehead atoms. The van der Waals surface area contributed by atoms with Crippen LogP contribution < -0.4 is 14.8 Å². The Hall–Kier alpha value is -3.02. The van der Waals surface area contributed by atoms with Crippen LogP contribution in [0, 0.1) is 0 Å². The Morgan fingerprint density at radius 1 is 1.04 bits per heavy atom. The fraction of sp³-hybridized carbons (Fsp3) is 0.222. The summed E-state index contributed by atoms with van der Waals surface area (Å²) in [5.41, 5.74) is 1.13. The Balaban J connectivity index is 2.14. The van der Waals surface area contributed by atoms with Crippen molar-refractivity contribution < 1.29 is 24.2 Å². The molecule has 0 heterocycles. The number of carbonyl (C=O) groups excluding carboxylic acids is 1. The summed E-state index contributed by atoms with van der Waals surface area (Å²) < 4.78 is 10.4. The summed E-state index contributed by atoms with van der Waals surface area (Å²) in [6.07, 6.45) is 0.133. The Bertz CT molecular complexity index is 715. The van der Waals surface area contributed by atoms with Crippen LogP contribution in [0.2, 0.25) is 0 Å². The second-order valence-corrected chi connectivity index (χ2v) is 5.12. The summed E-state index contributed by atoms with van der Waals surface area (Å²) in [6.45, 7) is 0. The van der Waals surface area contributed by atoms with Crippen LogP contribution in [0.15, 0.2) is 48.5 Å². The molecule has 2 N–H and O–H groups in total. The first kappa shape index (κ1) is 17.3. The van der Waals surface area contributed by atoms with E-state index in [-0.39, 0.29) is 6.42 Å². The van der Waals surface area contributed by atoms with Crippen molar-refractivity contribution in [2.24, 2.45) is 0 Å².